The lowest BCUT2D eigenvalue weighted by molar-refractivity contribution is 0.0350. The summed E-state index contributed by atoms with van der Waals surface area (Å²) < 4.78 is 0. The SMILES string of the molecule is CCSC1NC2NC3C(Cl)CCCC3CN2N1. The van der Waals surface area contributed by atoms with E-state index in [0.717, 1.165) is 18.7 Å². The average Bonchev–Trinajstić information content (AvgIpc) is 2.69. The maximum absolute atomic E-state index is 6.44. The molecule has 3 aliphatic rings. The molecule has 98 valence electrons. The normalized spacial score (nSPS) is 46.6. The molecule has 4 nitrogen and oxygen atoms in total. The summed E-state index contributed by atoms with van der Waals surface area (Å²) in [6.45, 7) is 3.30. The van der Waals surface area contributed by atoms with Gasteiger partial charge in [-0.1, -0.05) is 13.3 Å². The number of hydrazine groups is 1. The summed E-state index contributed by atoms with van der Waals surface area (Å²) in [6, 6.07) is 0.478. The number of hydrogen-bond acceptors (Lipinski definition) is 5. The van der Waals surface area contributed by atoms with E-state index in [-0.39, 0.29) is 6.29 Å². The molecule has 0 radical (unpaired) electrons. The fourth-order valence-electron chi connectivity index (χ4n) is 3.15. The Morgan fingerprint density at radius 3 is 3.06 bits per heavy atom. The average molecular weight is 277 g/mol. The molecule has 5 atom stereocenters. The molecule has 0 amide bonds. The number of nitrogens with zero attached hydrogens (tertiary/aromatic N) is 1. The summed E-state index contributed by atoms with van der Waals surface area (Å²) in [5, 5.41) is 9.83. The molecule has 6 heteroatoms. The van der Waals surface area contributed by atoms with Crippen LogP contribution in [0.25, 0.3) is 0 Å². The molecular weight excluding hydrogens is 256 g/mol. The summed E-state index contributed by atoms with van der Waals surface area (Å²) in [6.07, 6.45) is 3.98. The number of fused-ring (bicyclic) bond motifs is 2. The van der Waals surface area contributed by atoms with Crippen molar-refractivity contribution in [2.24, 2.45) is 5.92 Å². The Labute approximate surface area is 112 Å². The number of hydrogen-bond donors (Lipinski definition) is 3. The van der Waals surface area contributed by atoms with Crippen LogP contribution in [-0.2, 0) is 0 Å². The lowest BCUT2D eigenvalue weighted by atomic mass is 9.83. The first-order chi connectivity index (χ1) is 8.28. The molecule has 0 aromatic heterocycles. The lowest BCUT2D eigenvalue weighted by Crippen LogP contribution is -2.65. The first-order valence-electron chi connectivity index (χ1n) is 6.58. The molecule has 0 aromatic carbocycles. The molecule has 17 heavy (non-hydrogen) atoms. The molecule has 2 aliphatic heterocycles. The monoisotopic (exact) mass is 276 g/mol. The molecule has 2 heterocycles. The van der Waals surface area contributed by atoms with Gasteiger partial charge in [-0.05, 0) is 24.5 Å². The third-order valence-electron chi connectivity index (χ3n) is 3.97. The second-order valence-corrected chi connectivity index (χ2v) is 7.03. The first kappa shape index (κ1) is 12.5. The van der Waals surface area contributed by atoms with Crippen molar-refractivity contribution in [3.8, 4) is 0 Å². The Hall–Kier alpha value is 0.480. The van der Waals surface area contributed by atoms with Crippen molar-refractivity contribution >= 4 is 23.4 Å². The van der Waals surface area contributed by atoms with Crippen LogP contribution >= 0.6 is 23.4 Å². The summed E-state index contributed by atoms with van der Waals surface area (Å²) in [4.78, 5) is 0. The Balaban J connectivity index is 1.65. The second kappa shape index (κ2) is 5.23. The van der Waals surface area contributed by atoms with Crippen LogP contribution in [0, 0.1) is 5.92 Å². The van der Waals surface area contributed by atoms with Crippen LogP contribution in [0.15, 0.2) is 0 Å². The van der Waals surface area contributed by atoms with Gasteiger partial charge in [-0.15, -0.1) is 23.4 Å². The van der Waals surface area contributed by atoms with Gasteiger partial charge in [-0.3, -0.25) is 10.6 Å². The molecular formula is C11H21ClN4S. The molecule has 1 saturated carbocycles. The summed E-state index contributed by atoms with van der Waals surface area (Å²) in [5.74, 6) is 1.82. The molecule has 5 unspecified atom stereocenters. The largest absolute Gasteiger partial charge is 0.284 e. The van der Waals surface area contributed by atoms with E-state index in [2.05, 4.69) is 28.0 Å². The highest BCUT2D eigenvalue weighted by atomic mass is 35.5. The number of alkyl halides is 1. The summed E-state index contributed by atoms with van der Waals surface area (Å²) >= 11 is 8.35. The highest BCUT2D eigenvalue weighted by molar-refractivity contribution is 7.99. The molecule has 2 saturated heterocycles. The van der Waals surface area contributed by atoms with Crippen LogP contribution in [0.1, 0.15) is 26.2 Å². The van der Waals surface area contributed by atoms with Gasteiger partial charge >= 0.3 is 0 Å². The van der Waals surface area contributed by atoms with Crippen molar-refractivity contribution in [1.29, 1.82) is 0 Å². The maximum atomic E-state index is 6.44. The van der Waals surface area contributed by atoms with E-state index < -0.39 is 0 Å². The smallest absolute Gasteiger partial charge is 0.129 e. The zero-order chi connectivity index (χ0) is 11.8. The van der Waals surface area contributed by atoms with Crippen LogP contribution in [0.2, 0.25) is 0 Å². The van der Waals surface area contributed by atoms with Gasteiger partial charge in [0, 0.05) is 18.0 Å². The van der Waals surface area contributed by atoms with E-state index in [9.17, 15) is 0 Å². The van der Waals surface area contributed by atoms with Crippen LogP contribution in [0.3, 0.4) is 0 Å². The van der Waals surface area contributed by atoms with E-state index in [4.69, 9.17) is 11.6 Å². The highest BCUT2D eigenvalue weighted by Crippen LogP contribution is 2.33. The second-order valence-electron chi connectivity index (χ2n) is 5.09. The quantitative estimate of drug-likeness (QED) is 0.659. The molecule has 3 fully saturated rings. The van der Waals surface area contributed by atoms with Gasteiger partial charge in [-0.2, -0.15) is 0 Å². The van der Waals surface area contributed by atoms with E-state index in [1.807, 2.05) is 11.8 Å². The van der Waals surface area contributed by atoms with E-state index in [0.29, 0.717) is 22.8 Å². The maximum Gasteiger partial charge on any atom is 0.129 e. The third kappa shape index (κ3) is 2.46. The fraction of sp³-hybridized carbons (Fsp3) is 1.00. The lowest BCUT2D eigenvalue weighted by Gasteiger charge is -2.45. The number of halogens is 1. The van der Waals surface area contributed by atoms with Crippen molar-refractivity contribution in [1.82, 2.24) is 21.1 Å². The van der Waals surface area contributed by atoms with Gasteiger partial charge in [0.1, 0.15) is 11.8 Å². The van der Waals surface area contributed by atoms with Crippen LogP contribution in [0.4, 0.5) is 0 Å². The Kier molecular flexibility index (Phi) is 3.85. The predicted molar refractivity (Wildman–Crippen MR) is 72.6 cm³/mol. The topological polar surface area (TPSA) is 39.3 Å². The van der Waals surface area contributed by atoms with E-state index in [1.165, 1.54) is 12.8 Å². The molecule has 3 rings (SSSR count). The minimum absolute atomic E-state index is 0.250. The van der Waals surface area contributed by atoms with Crippen LogP contribution in [-0.4, -0.2) is 40.5 Å². The number of thioether (sulfide) groups is 1. The minimum atomic E-state index is 0.250. The Morgan fingerprint density at radius 2 is 2.24 bits per heavy atom. The summed E-state index contributed by atoms with van der Waals surface area (Å²) in [5.41, 5.74) is 3.86. The first-order valence-corrected chi connectivity index (χ1v) is 8.07. The molecule has 0 aromatic rings. The van der Waals surface area contributed by atoms with Gasteiger partial charge in [0.2, 0.25) is 0 Å². The predicted octanol–water partition coefficient (Wildman–Crippen LogP) is 1.10. The Morgan fingerprint density at radius 1 is 1.35 bits per heavy atom. The van der Waals surface area contributed by atoms with Crippen LogP contribution < -0.4 is 16.1 Å². The molecule has 1 aliphatic carbocycles. The van der Waals surface area contributed by atoms with Gasteiger partial charge in [-0.25, -0.2) is 10.4 Å². The molecule has 3 N–H and O–H groups in total. The van der Waals surface area contributed by atoms with Crippen molar-refractivity contribution in [3.05, 3.63) is 0 Å². The molecule has 0 spiro atoms. The van der Waals surface area contributed by atoms with Gasteiger partial charge in [0.05, 0.1) is 0 Å². The van der Waals surface area contributed by atoms with Gasteiger partial charge in [0.15, 0.2) is 0 Å². The minimum Gasteiger partial charge on any atom is -0.284 e. The Bertz CT molecular complexity index is 280. The van der Waals surface area contributed by atoms with Crippen molar-refractivity contribution in [2.75, 3.05) is 12.3 Å². The van der Waals surface area contributed by atoms with Crippen molar-refractivity contribution in [3.63, 3.8) is 0 Å². The zero-order valence-electron chi connectivity index (χ0n) is 10.2. The van der Waals surface area contributed by atoms with Gasteiger partial charge < -0.3 is 0 Å². The molecule has 0 bridgehead atoms. The van der Waals surface area contributed by atoms with Crippen molar-refractivity contribution in [2.45, 2.75) is 49.4 Å². The fourth-order valence-corrected chi connectivity index (χ4v) is 4.35. The van der Waals surface area contributed by atoms with E-state index >= 15 is 0 Å². The summed E-state index contributed by atoms with van der Waals surface area (Å²) in [7, 11) is 0. The van der Waals surface area contributed by atoms with E-state index in [1.54, 1.807) is 0 Å². The number of rotatable bonds is 2. The van der Waals surface area contributed by atoms with Crippen molar-refractivity contribution < 1.29 is 0 Å². The zero-order valence-corrected chi connectivity index (χ0v) is 11.7. The number of nitrogens with one attached hydrogen (secondary N) is 3. The van der Waals surface area contributed by atoms with Crippen LogP contribution in [0.5, 0.6) is 0 Å². The standard InChI is InChI=1S/C11H21ClN4S/c1-2-17-11-14-10-13-9-7(6-16(10)15-11)4-3-5-8(9)12/h7-11,13-15H,2-6H2,1H3. The van der Waals surface area contributed by atoms with Gasteiger partial charge in [0.25, 0.3) is 0 Å². The highest BCUT2D eigenvalue weighted by Gasteiger charge is 2.43. The third-order valence-corrected chi connectivity index (χ3v) is 5.37.